The van der Waals surface area contributed by atoms with E-state index in [2.05, 4.69) is 9.97 Å². The average Bonchev–Trinajstić information content (AvgIpc) is 2.91. The first kappa shape index (κ1) is 10.4. The molecule has 3 rings (SSSR count). The van der Waals surface area contributed by atoms with Gasteiger partial charge in [-0.15, -0.1) is 0 Å². The lowest BCUT2D eigenvalue weighted by Gasteiger charge is -2.03. The number of non-ortho nitro benzene ring substituents is 1. The fraction of sp³-hybridized carbons (Fsp3) is 0. The van der Waals surface area contributed by atoms with Crippen LogP contribution in [0.4, 0.5) is 5.69 Å². The van der Waals surface area contributed by atoms with E-state index in [1.165, 1.54) is 12.1 Å². The van der Waals surface area contributed by atoms with Gasteiger partial charge < -0.3 is 0 Å². The number of hydrogen-bond acceptors (Lipinski definition) is 4. The molecule has 0 saturated heterocycles. The molecule has 0 unspecified atom stereocenters. The van der Waals surface area contributed by atoms with Crippen LogP contribution in [0.1, 0.15) is 0 Å². The summed E-state index contributed by atoms with van der Waals surface area (Å²) >= 11 is 0. The van der Waals surface area contributed by atoms with E-state index in [9.17, 15) is 10.1 Å². The minimum absolute atomic E-state index is 0.0691. The summed E-state index contributed by atoms with van der Waals surface area (Å²) in [7, 11) is 0. The van der Waals surface area contributed by atoms with Crippen molar-refractivity contribution < 1.29 is 4.92 Å². The summed E-state index contributed by atoms with van der Waals surface area (Å²) in [6.07, 6.45) is 5.11. The monoisotopic (exact) mass is 240 g/mol. The Hall–Kier alpha value is -2.76. The van der Waals surface area contributed by atoms with E-state index in [1.54, 1.807) is 35.4 Å². The minimum Gasteiger partial charge on any atom is -0.291 e. The molecule has 0 atom stereocenters. The predicted octanol–water partition coefficient (Wildman–Crippen LogP) is 2.33. The Labute approximate surface area is 102 Å². The topological polar surface area (TPSA) is 73.8 Å². The maximum atomic E-state index is 10.7. The van der Waals surface area contributed by atoms with Crippen LogP contribution in [0.15, 0.2) is 49.1 Å². The van der Waals surface area contributed by atoms with Crippen LogP contribution in [-0.4, -0.2) is 19.5 Å². The third-order valence-electron chi connectivity index (χ3n) is 2.64. The number of fused-ring (bicyclic) bond motifs is 1. The molecule has 2 aromatic heterocycles. The molecule has 6 nitrogen and oxygen atoms in total. The van der Waals surface area contributed by atoms with Gasteiger partial charge in [0.25, 0.3) is 5.69 Å². The highest BCUT2D eigenvalue weighted by atomic mass is 16.6. The quantitative estimate of drug-likeness (QED) is 0.509. The lowest BCUT2D eigenvalue weighted by Crippen LogP contribution is -1.95. The summed E-state index contributed by atoms with van der Waals surface area (Å²) < 4.78 is 1.78. The zero-order valence-corrected chi connectivity index (χ0v) is 9.22. The van der Waals surface area contributed by atoms with Crippen molar-refractivity contribution >= 4 is 16.6 Å². The lowest BCUT2D eigenvalue weighted by atomic mass is 10.2. The van der Waals surface area contributed by atoms with Crippen molar-refractivity contribution in [3.05, 3.63) is 59.2 Å². The fourth-order valence-corrected chi connectivity index (χ4v) is 1.75. The molecule has 0 aliphatic rings. The summed E-state index contributed by atoms with van der Waals surface area (Å²) in [5.41, 5.74) is 0.784. The maximum Gasteiger partial charge on any atom is 0.270 e. The van der Waals surface area contributed by atoms with Gasteiger partial charge in [0.05, 0.1) is 10.4 Å². The second-order valence-electron chi connectivity index (χ2n) is 3.77. The van der Waals surface area contributed by atoms with Crippen LogP contribution in [-0.2, 0) is 0 Å². The number of hydrogen-bond donors (Lipinski definition) is 0. The third kappa shape index (κ3) is 1.69. The number of nitrogens with zero attached hydrogens (tertiary/aromatic N) is 4. The standard InChI is InChI=1S/C12H8N4O2/c17-16(18)10-2-3-11-9(7-10)1-4-12(14-11)15-6-5-13-8-15/h1-8H. The molecule has 0 amide bonds. The van der Waals surface area contributed by atoms with Crippen LogP contribution >= 0.6 is 0 Å². The van der Waals surface area contributed by atoms with Crippen molar-refractivity contribution in [2.45, 2.75) is 0 Å². The predicted molar refractivity (Wildman–Crippen MR) is 65.5 cm³/mol. The summed E-state index contributed by atoms with van der Waals surface area (Å²) in [5.74, 6) is 0.730. The highest BCUT2D eigenvalue weighted by Gasteiger charge is 2.07. The molecule has 18 heavy (non-hydrogen) atoms. The molecule has 0 aliphatic carbocycles. The average molecular weight is 240 g/mol. The molecule has 0 aliphatic heterocycles. The van der Waals surface area contributed by atoms with Gasteiger partial charge in [-0.1, -0.05) is 0 Å². The van der Waals surface area contributed by atoms with E-state index in [0.29, 0.717) is 5.52 Å². The minimum atomic E-state index is -0.413. The molecular formula is C12H8N4O2. The molecule has 0 spiro atoms. The van der Waals surface area contributed by atoms with Crippen molar-refractivity contribution in [1.29, 1.82) is 0 Å². The van der Waals surface area contributed by atoms with E-state index in [4.69, 9.17) is 0 Å². The van der Waals surface area contributed by atoms with Crippen molar-refractivity contribution in [2.75, 3.05) is 0 Å². The van der Waals surface area contributed by atoms with Crippen molar-refractivity contribution in [1.82, 2.24) is 14.5 Å². The Morgan fingerprint density at radius 3 is 2.83 bits per heavy atom. The summed E-state index contributed by atoms with van der Waals surface area (Å²) in [6.45, 7) is 0. The molecule has 3 aromatic rings. The third-order valence-corrected chi connectivity index (χ3v) is 2.64. The molecule has 0 bridgehead atoms. The van der Waals surface area contributed by atoms with E-state index in [0.717, 1.165) is 11.2 Å². The number of nitro benzene ring substituents is 1. The van der Waals surface area contributed by atoms with Crippen LogP contribution in [0.2, 0.25) is 0 Å². The van der Waals surface area contributed by atoms with Crippen molar-refractivity contribution in [3.8, 4) is 5.82 Å². The van der Waals surface area contributed by atoms with Gasteiger partial charge in [0.15, 0.2) is 0 Å². The van der Waals surface area contributed by atoms with E-state index >= 15 is 0 Å². The lowest BCUT2D eigenvalue weighted by molar-refractivity contribution is -0.384. The maximum absolute atomic E-state index is 10.7. The summed E-state index contributed by atoms with van der Waals surface area (Å²) in [6, 6.07) is 8.22. The summed E-state index contributed by atoms with van der Waals surface area (Å²) in [4.78, 5) is 18.6. The smallest absolute Gasteiger partial charge is 0.270 e. The largest absolute Gasteiger partial charge is 0.291 e. The Morgan fingerprint density at radius 1 is 1.22 bits per heavy atom. The number of nitro groups is 1. The van der Waals surface area contributed by atoms with Crippen LogP contribution in [0.25, 0.3) is 16.7 Å². The SMILES string of the molecule is O=[N+]([O-])c1ccc2nc(-n3ccnc3)ccc2c1. The molecular weight excluding hydrogens is 232 g/mol. The van der Waals surface area contributed by atoms with E-state index in [1.807, 2.05) is 6.07 Å². The van der Waals surface area contributed by atoms with Gasteiger partial charge in [0.1, 0.15) is 12.1 Å². The summed E-state index contributed by atoms with van der Waals surface area (Å²) in [5, 5.41) is 11.4. The van der Waals surface area contributed by atoms with E-state index < -0.39 is 4.92 Å². The number of benzene rings is 1. The molecule has 6 heteroatoms. The van der Waals surface area contributed by atoms with Gasteiger partial charge in [0.2, 0.25) is 0 Å². The highest BCUT2D eigenvalue weighted by molar-refractivity contribution is 5.81. The van der Waals surface area contributed by atoms with Gasteiger partial charge in [-0.05, 0) is 18.2 Å². The fourth-order valence-electron chi connectivity index (χ4n) is 1.75. The Morgan fingerprint density at radius 2 is 2.11 bits per heavy atom. The van der Waals surface area contributed by atoms with E-state index in [-0.39, 0.29) is 5.69 Å². The second kappa shape index (κ2) is 3.92. The van der Waals surface area contributed by atoms with Gasteiger partial charge >= 0.3 is 0 Å². The van der Waals surface area contributed by atoms with Crippen LogP contribution in [0.3, 0.4) is 0 Å². The van der Waals surface area contributed by atoms with Crippen molar-refractivity contribution in [3.63, 3.8) is 0 Å². The van der Waals surface area contributed by atoms with Crippen molar-refractivity contribution in [2.24, 2.45) is 0 Å². The molecule has 0 saturated carbocycles. The van der Waals surface area contributed by atoms with Crippen LogP contribution in [0.5, 0.6) is 0 Å². The molecule has 1 aromatic carbocycles. The molecule has 0 fully saturated rings. The first-order valence-electron chi connectivity index (χ1n) is 5.27. The Bertz CT molecular complexity index is 722. The zero-order chi connectivity index (χ0) is 12.5. The van der Waals surface area contributed by atoms with Crippen LogP contribution in [0, 0.1) is 10.1 Å². The second-order valence-corrected chi connectivity index (χ2v) is 3.77. The molecule has 0 N–H and O–H groups in total. The first-order valence-corrected chi connectivity index (χ1v) is 5.27. The number of aromatic nitrogens is 3. The first-order chi connectivity index (χ1) is 8.74. The number of imidazole rings is 1. The van der Waals surface area contributed by atoms with Gasteiger partial charge in [-0.25, -0.2) is 9.97 Å². The molecule has 88 valence electrons. The molecule has 2 heterocycles. The number of rotatable bonds is 2. The van der Waals surface area contributed by atoms with Gasteiger partial charge in [-0.3, -0.25) is 14.7 Å². The zero-order valence-electron chi connectivity index (χ0n) is 9.22. The Kier molecular flexibility index (Phi) is 2.26. The molecule has 0 radical (unpaired) electrons. The normalized spacial score (nSPS) is 10.7. The van der Waals surface area contributed by atoms with Gasteiger partial charge in [0, 0.05) is 29.9 Å². The Balaban J connectivity index is 2.14. The number of pyridine rings is 1. The highest BCUT2D eigenvalue weighted by Crippen LogP contribution is 2.20. The van der Waals surface area contributed by atoms with Crippen LogP contribution < -0.4 is 0 Å². The van der Waals surface area contributed by atoms with Gasteiger partial charge in [-0.2, -0.15) is 0 Å².